The molecule has 0 heterocycles. The molecule has 0 atom stereocenters. The van der Waals surface area contributed by atoms with Gasteiger partial charge in [-0.3, -0.25) is 4.79 Å². The van der Waals surface area contributed by atoms with Gasteiger partial charge >= 0.3 is 0 Å². The standard InChI is InChI=1S/C15H23NO2/c1-14(2,3)13(18)16-15(4,5)12-9-7-6-8-11(12)10-17/h6-9,17H,10H2,1-5H3,(H,16,18). The molecule has 18 heavy (non-hydrogen) atoms. The van der Waals surface area contributed by atoms with Crippen molar-refractivity contribution >= 4 is 5.91 Å². The van der Waals surface area contributed by atoms with Crippen LogP contribution in [0.3, 0.4) is 0 Å². The first-order chi connectivity index (χ1) is 8.18. The minimum atomic E-state index is -0.496. The van der Waals surface area contributed by atoms with Crippen molar-refractivity contribution in [2.45, 2.75) is 46.8 Å². The van der Waals surface area contributed by atoms with E-state index in [-0.39, 0.29) is 12.5 Å². The number of carbonyl (C=O) groups excluding carboxylic acids is 1. The molecular formula is C15H23NO2. The molecule has 0 bridgehead atoms. The number of aliphatic hydroxyl groups excluding tert-OH is 1. The number of carbonyl (C=O) groups is 1. The molecule has 0 saturated heterocycles. The largest absolute Gasteiger partial charge is 0.392 e. The average Bonchev–Trinajstić information content (AvgIpc) is 2.27. The van der Waals surface area contributed by atoms with E-state index in [0.29, 0.717) is 0 Å². The number of hydrogen-bond donors (Lipinski definition) is 2. The Hall–Kier alpha value is -1.35. The number of amides is 1. The Bertz CT molecular complexity index is 430. The van der Waals surface area contributed by atoms with E-state index in [4.69, 9.17) is 0 Å². The van der Waals surface area contributed by atoms with Crippen LogP contribution in [-0.4, -0.2) is 11.0 Å². The fraction of sp³-hybridized carbons (Fsp3) is 0.533. The summed E-state index contributed by atoms with van der Waals surface area (Å²) in [5.41, 5.74) is 0.872. The van der Waals surface area contributed by atoms with Crippen molar-refractivity contribution in [2.24, 2.45) is 5.41 Å². The first kappa shape index (κ1) is 14.7. The maximum absolute atomic E-state index is 12.1. The van der Waals surface area contributed by atoms with Crippen molar-refractivity contribution in [2.75, 3.05) is 0 Å². The highest BCUT2D eigenvalue weighted by Crippen LogP contribution is 2.26. The maximum atomic E-state index is 12.1. The van der Waals surface area contributed by atoms with Gasteiger partial charge in [0.15, 0.2) is 0 Å². The van der Waals surface area contributed by atoms with Gasteiger partial charge in [-0.1, -0.05) is 45.0 Å². The highest BCUT2D eigenvalue weighted by Gasteiger charge is 2.30. The van der Waals surface area contributed by atoms with Crippen LogP contribution in [0.1, 0.15) is 45.7 Å². The van der Waals surface area contributed by atoms with E-state index < -0.39 is 11.0 Å². The van der Waals surface area contributed by atoms with E-state index in [2.05, 4.69) is 5.32 Å². The Kier molecular flexibility index (Phi) is 4.17. The van der Waals surface area contributed by atoms with E-state index in [1.54, 1.807) is 0 Å². The smallest absolute Gasteiger partial charge is 0.226 e. The van der Waals surface area contributed by atoms with E-state index in [0.717, 1.165) is 11.1 Å². The van der Waals surface area contributed by atoms with Crippen molar-refractivity contribution < 1.29 is 9.90 Å². The fourth-order valence-corrected chi connectivity index (χ4v) is 1.81. The van der Waals surface area contributed by atoms with Crippen LogP contribution in [0.2, 0.25) is 0 Å². The second-order valence-corrected chi connectivity index (χ2v) is 6.14. The molecule has 0 aliphatic carbocycles. The Morgan fingerprint density at radius 2 is 1.72 bits per heavy atom. The maximum Gasteiger partial charge on any atom is 0.226 e. The van der Waals surface area contributed by atoms with Crippen molar-refractivity contribution in [3.8, 4) is 0 Å². The summed E-state index contributed by atoms with van der Waals surface area (Å²) in [4.78, 5) is 12.1. The molecule has 0 aromatic heterocycles. The van der Waals surface area contributed by atoms with Crippen LogP contribution in [0.4, 0.5) is 0 Å². The predicted octanol–water partition coefficient (Wildman–Crippen LogP) is 2.58. The van der Waals surface area contributed by atoms with Gasteiger partial charge in [-0.05, 0) is 25.0 Å². The number of benzene rings is 1. The van der Waals surface area contributed by atoms with Gasteiger partial charge in [-0.2, -0.15) is 0 Å². The lowest BCUT2D eigenvalue weighted by Crippen LogP contribution is -2.46. The summed E-state index contributed by atoms with van der Waals surface area (Å²) in [5.74, 6) is 0.000225. The Morgan fingerprint density at radius 3 is 2.22 bits per heavy atom. The third kappa shape index (κ3) is 3.33. The molecule has 0 aliphatic rings. The van der Waals surface area contributed by atoms with E-state index in [9.17, 15) is 9.90 Å². The van der Waals surface area contributed by atoms with Crippen molar-refractivity contribution in [3.63, 3.8) is 0 Å². The van der Waals surface area contributed by atoms with Gasteiger partial charge in [0.1, 0.15) is 0 Å². The number of nitrogens with one attached hydrogen (secondary N) is 1. The van der Waals surface area contributed by atoms with Crippen LogP contribution in [0.25, 0.3) is 0 Å². The molecule has 0 radical (unpaired) electrons. The molecule has 0 fully saturated rings. The number of rotatable bonds is 3. The van der Waals surface area contributed by atoms with Gasteiger partial charge in [0.25, 0.3) is 0 Å². The highest BCUT2D eigenvalue weighted by molar-refractivity contribution is 5.82. The molecule has 0 saturated carbocycles. The van der Waals surface area contributed by atoms with Gasteiger partial charge in [0.05, 0.1) is 12.1 Å². The third-order valence-electron chi connectivity index (χ3n) is 2.97. The molecule has 100 valence electrons. The topological polar surface area (TPSA) is 49.3 Å². The van der Waals surface area contributed by atoms with Gasteiger partial charge in [0.2, 0.25) is 5.91 Å². The van der Waals surface area contributed by atoms with Crippen LogP contribution in [0.15, 0.2) is 24.3 Å². The SMILES string of the molecule is CC(C)(C)C(=O)NC(C)(C)c1ccccc1CO. The molecule has 0 aliphatic heterocycles. The Balaban J connectivity index is 3.03. The molecule has 0 unspecified atom stereocenters. The lowest BCUT2D eigenvalue weighted by Gasteiger charge is -2.32. The van der Waals surface area contributed by atoms with Crippen LogP contribution >= 0.6 is 0 Å². The van der Waals surface area contributed by atoms with Crippen LogP contribution in [0.5, 0.6) is 0 Å². The van der Waals surface area contributed by atoms with Gasteiger partial charge in [-0.15, -0.1) is 0 Å². The van der Waals surface area contributed by atoms with Crippen LogP contribution in [0, 0.1) is 5.41 Å². The summed E-state index contributed by atoms with van der Waals surface area (Å²) in [6.07, 6.45) is 0. The summed E-state index contributed by atoms with van der Waals surface area (Å²) < 4.78 is 0. The molecular weight excluding hydrogens is 226 g/mol. The number of hydrogen-bond acceptors (Lipinski definition) is 2. The zero-order valence-electron chi connectivity index (χ0n) is 11.9. The lowest BCUT2D eigenvalue weighted by molar-refractivity contribution is -0.130. The molecule has 1 aromatic rings. The van der Waals surface area contributed by atoms with Gasteiger partial charge in [0, 0.05) is 5.41 Å². The molecule has 3 heteroatoms. The minimum Gasteiger partial charge on any atom is -0.392 e. The third-order valence-corrected chi connectivity index (χ3v) is 2.97. The first-order valence-electron chi connectivity index (χ1n) is 6.20. The summed E-state index contributed by atoms with van der Waals surface area (Å²) in [6.45, 7) is 9.53. The number of aliphatic hydroxyl groups is 1. The van der Waals surface area contributed by atoms with Crippen molar-refractivity contribution in [1.29, 1.82) is 0 Å². The molecule has 0 spiro atoms. The highest BCUT2D eigenvalue weighted by atomic mass is 16.3. The van der Waals surface area contributed by atoms with Crippen LogP contribution in [-0.2, 0) is 16.9 Å². The molecule has 1 amide bonds. The lowest BCUT2D eigenvalue weighted by atomic mass is 9.87. The zero-order valence-corrected chi connectivity index (χ0v) is 11.9. The summed E-state index contributed by atoms with van der Waals surface area (Å²) in [6, 6.07) is 7.62. The van der Waals surface area contributed by atoms with Crippen molar-refractivity contribution in [3.05, 3.63) is 35.4 Å². The normalized spacial score (nSPS) is 12.3. The summed E-state index contributed by atoms with van der Waals surface area (Å²) in [5, 5.41) is 12.4. The summed E-state index contributed by atoms with van der Waals surface area (Å²) in [7, 11) is 0. The monoisotopic (exact) mass is 249 g/mol. The Labute approximate surface area is 109 Å². The first-order valence-corrected chi connectivity index (χ1v) is 6.20. The second kappa shape index (κ2) is 5.11. The van der Waals surface area contributed by atoms with Crippen molar-refractivity contribution in [1.82, 2.24) is 5.32 Å². The van der Waals surface area contributed by atoms with E-state index in [1.807, 2.05) is 58.9 Å². The average molecular weight is 249 g/mol. The fourth-order valence-electron chi connectivity index (χ4n) is 1.81. The quantitative estimate of drug-likeness (QED) is 0.865. The summed E-state index contributed by atoms with van der Waals surface area (Å²) >= 11 is 0. The predicted molar refractivity (Wildman–Crippen MR) is 73.0 cm³/mol. The van der Waals surface area contributed by atoms with Crippen LogP contribution < -0.4 is 5.32 Å². The van der Waals surface area contributed by atoms with E-state index >= 15 is 0 Å². The molecule has 2 N–H and O–H groups in total. The van der Waals surface area contributed by atoms with Gasteiger partial charge < -0.3 is 10.4 Å². The molecule has 3 nitrogen and oxygen atoms in total. The molecule has 1 rings (SSSR count). The zero-order chi connectivity index (χ0) is 14.0. The van der Waals surface area contributed by atoms with E-state index in [1.165, 1.54) is 0 Å². The molecule has 1 aromatic carbocycles. The second-order valence-electron chi connectivity index (χ2n) is 6.14. The Morgan fingerprint density at radius 1 is 1.17 bits per heavy atom. The minimum absolute atomic E-state index is 0.000225. The van der Waals surface area contributed by atoms with Gasteiger partial charge in [-0.25, -0.2) is 0 Å².